The van der Waals surface area contributed by atoms with Crippen LogP contribution in [-0.4, -0.2) is 16.6 Å². The molecule has 4 N–H and O–H groups in total. The minimum Gasteiger partial charge on any atom is -0.492 e. The van der Waals surface area contributed by atoms with Gasteiger partial charge in [-0.1, -0.05) is 12.1 Å². The molecule has 0 atom stereocenters. The van der Waals surface area contributed by atoms with E-state index in [1.54, 1.807) is 12.1 Å². The second kappa shape index (κ2) is 5.96. The number of nitrogens with two attached hydrogens (primary N) is 1. The lowest BCUT2D eigenvalue weighted by Crippen LogP contribution is -2.12. The first-order valence-corrected chi connectivity index (χ1v) is 5.72. The second-order valence-electron chi connectivity index (χ2n) is 3.59. The van der Waals surface area contributed by atoms with Crippen LogP contribution >= 0.6 is 0 Å². The number of hydrogen-bond donors (Lipinski definition) is 3. The molecule has 0 aliphatic carbocycles. The van der Waals surface area contributed by atoms with Crippen LogP contribution in [0.1, 0.15) is 6.92 Å². The molecule has 2 rings (SSSR count). The van der Waals surface area contributed by atoms with Crippen molar-refractivity contribution in [1.82, 2.24) is 9.97 Å². The van der Waals surface area contributed by atoms with Crippen LogP contribution in [0.3, 0.4) is 0 Å². The van der Waals surface area contributed by atoms with E-state index in [1.165, 1.54) is 0 Å². The number of ether oxygens (including phenoxy) is 1. The van der Waals surface area contributed by atoms with Crippen LogP contribution in [0.2, 0.25) is 0 Å². The van der Waals surface area contributed by atoms with Gasteiger partial charge in [-0.2, -0.15) is 4.98 Å². The Morgan fingerprint density at radius 1 is 1.37 bits per heavy atom. The van der Waals surface area contributed by atoms with Crippen LogP contribution in [0.15, 0.2) is 30.5 Å². The van der Waals surface area contributed by atoms with Crippen LogP contribution in [0.5, 0.6) is 5.75 Å². The molecule has 0 aliphatic heterocycles. The van der Waals surface area contributed by atoms with E-state index in [0.717, 1.165) is 6.20 Å². The van der Waals surface area contributed by atoms with Gasteiger partial charge in [0.15, 0.2) is 11.6 Å². The average molecular weight is 263 g/mol. The number of nitrogens with zero attached hydrogens (tertiary/aromatic N) is 2. The average Bonchev–Trinajstić information content (AvgIpc) is 2.43. The molecule has 19 heavy (non-hydrogen) atoms. The lowest BCUT2D eigenvalue weighted by atomic mass is 10.3. The van der Waals surface area contributed by atoms with Gasteiger partial charge in [-0.15, -0.1) is 0 Å². The molecule has 1 aromatic carbocycles. The summed E-state index contributed by atoms with van der Waals surface area (Å²) < 4.78 is 19.0. The fourth-order valence-electron chi connectivity index (χ4n) is 1.50. The van der Waals surface area contributed by atoms with Crippen molar-refractivity contribution in [3.05, 3.63) is 36.3 Å². The minimum atomic E-state index is -0.578. The number of hydrogen-bond acceptors (Lipinski definition) is 6. The molecule has 0 spiro atoms. The Bertz CT molecular complexity index is 564. The predicted octanol–water partition coefficient (Wildman–Crippen LogP) is 2.04. The van der Waals surface area contributed by atoms with E-state index in [2.05, 4.69) is 20.7 Å². The topological polar surface area (TPSA) is 85.1 Å². The molecule has 100 valence electrons. The maximum absolute atomic E-state index is 13.6. The number of nitrogens with one attached hydrogen (secondary N) is 2. The highest BCUT2D eigenvalue weighted by molar-refractivity contribution is 5.64. The number of nitrogen functional groups attached to an aromatic ring is 1. The maximum atomic E-state index is 13.6. The smallest absolute Gasteiger partial charge is 0.239 e. The monoisotopic (exact) mass is 263 g/mol. The van der Waals surface area contributed by atoms with Crippen LogP contribution < -0.4 is 21.3 Å². The fourth-order valence-corrected chi connectivity index (χ4v) is 1.50. The van der Waals surface area contributed by atoms with Crippen LogP contribution in [0, 0.1) is 5.82 Å². The van der Waals surface area contributed by atoms with E-state index in [1.807, 2.05) is 19.1 Å². The molecule has 0 fully saturated rings. The predicted molar refractivity (Wildman–Crippen MR) is 70.7 cm³/mol. The quantitative estimate of drug-likeness (QED) is 0.565. The Labute approximate surface area is 109 Å². The molecule has 0 radical (unpaired) electrons. The number of aromatic nitrogens is 2. The Morgan fingerprint density at radius 3 is 2.89 bits per heavy atom. The molecule has 1 heterocycles. The van der Waals surface area contributed by atoms with E-state index in [0.29, 0.717) is 18.0 Å². The molecular formula is C12H14FN5O. The van der Waals surface area contributed by atoms with Gasteiger partial charge in [0.25, 0.3) is 0 Å². The normalized spacial score (nSPS) is 10.1. The van der Waals surface area contributed by atoms with Crippen molar-refractivity contribution in [3.8, 4) is 5.75 Å². The number of para-hydroxylation sites is 2. The standard InChI is InChI=1S/C12H14FN5O/c1-2-19-10-6-4-3-5-9(10)16-11-8(13)7-15-12(17-11)18-14/h3-7H,2,14H2,1H3,(H2,15,16,17,18). The van der Waals surface area contributed by atoms with Gasteiger partial charge in [0.05, 0.1) is 18.5 Å². The molecule has 1 aromatic heterocycles. The number of anilines is 3. The van der Waals surface area contributed by atoms with E-state index in [4.69, 9.17) is 10.6 Å². The van der Waals surface area contributed by atoms with Crippen molar-refractivity contribution in [2.45, 2.75) is 6.92 Å². The first-order valence-electron chi connectivity index (χ1n) is 5.72. The summed E-state index contributed by atoms with van der Waals surface area (Å²) in [6, 6.07) is 7.19. The fraction of sp³-hybridized carbons (Fsp3) is 0.167. The summed E-state index contributed by atoms with van der Waals surface area (Å²) in [4.78, 5) is 7.56. The minimum absolute atomic E-state index is 0.0232. The summed E-state index contributed by atoms with van der Waals surface area (Å²) in [7, 11) is 0. The van der Waals surface area contributed by atoms with Crippen LogP contribution in [0.4, 0.5) is 21.8 Å². The highest BCUT2D eigenvalue weighted by Gasteiger charge is 2.09. The van der Waals surface area contributed by atoms with Gasteiger partial charge in [0.2, 0.25) is 5.95 Å². The van der Waals surface area contributed by atoms with Gasteiger partial charge in [0.1, 0.15) is 5.75 Å². The Morgan fingerprint density at radius 2 is 2.16 bits per heavy atom. The van der Waals surface area contributed by atoms with E-state index >= 15 is 0 Å². The number of rotatable bonds is 5. The van der Waals surface area contributed by atoms with Gasteiger partial charge in [-0.3, -0.25) is 5.43 Å². The summed E-state index contributed by atoms with van der Waals surface area (Å²) in [5, 5.41) is 2.85. The highest BCUT2D eigenvalue weighted by atomic mass is 19.1. The first-order chi connectivity index (χ1) is 9.24. The lowest BCUT2D eigenvalue weighted by molar-refractivity contribution is 0.342. The van der Waals surface area contributed by atoms with Gasteiger partial charge >= 0.3 is 0 Å². The molecular weight excluding hydrogens is 249 g/mol. The summed E-state index contributed by atoms with van der Waals surface area (Å²) >= 11 is 0. The SMILES string of the molecule is CCOc1ccccc1Nc1nc(NN)ncc1F. The Kier molecular flexibility index (Phi) is 4.09. The van der Waals surface area contributed by atoms with Gasteiger partial charge in [-0.25, -0.2) is 15.2 Å². The van der Waals surface area contributed by atoms with Crippen molar-refractivity contribution in [2.75, 3.05) is 17.3 Å². The number of hydrazine groups is 1. The largest absolute Gasteiger partial charge is 0.492 e. The van der Waals surface area contributed by atoms with Gasteiger partial charge < -0.3 is 10.1 Å². The molecule has 7 heteroatoms. The van der Waals surface area contributed by atoms with Crippen molar-refractivity contribution in [2.24, 2.45) is 5.84 Å². The second-order valence-corrected chi connectivity index (χ2v) is 3.59. The van der Waals surface area contributed by atoms with Crippen molar-refractivity contribution in [3.63, 3.8) is 0 Å². The molecule has 0 bridgehead atoms. The zero-order valence-corrected chi connectivity index (χ0v) is 10.4. The summed E-state index contributed by atoms with van der Waals surface area (Å²) in [6.45, 7) is 2.39. The summed E-state index contributed by atoms with van der Waals surface area (Å²) in [5.41, 5.74) is 2.88. The third kappa shape index (κ3) is 3.08. The summed E-state index contributed by atoms with van der Waals surface area (Å²) in [5.74, 6) is 5.37. The van der Waals surface area contributed by atoms with Gasteiger partial charge in [0, 0.05) is 0 Å². The third-order valence-electron chi connectivity index (χ3n) is 2.31. The molecule has 0 saturated heterocycles. The van der Waals surface area contributed by atoms with Gasteiger partial charge in [-0.05, 0) is 19.1 Å². The van der Waals surface area contributed by atoms with E-state index in [9.17, 15) is 4.39 Å². The van der Waals surface area contributed by atoms with Crippen molar-refractivity contribution >= 4 is 17.5 Å². The zero-order valence-electron chi connectivity index (χ0n) is 10.4. The highest BCUT2D eigenvalue weighted by Crippen LogP contribution is 2.27. The lowest BCUT2D eigenvalue weighted by Gasteiger charge is -2.12. The molecule has 0 aliphatic rings. The third-order valence-corrected chi connectivity index (χ3v) is 2.31. The Hall–Kier alpha value is -2.41. The van der Waals surface area contributed by atoms with E-state index < -0.39 is 5.82 Å². The van der Waals surface area contributed by atoms with Crippen molar-refractivity contribution < 1.29 is 9.13 Å². The number of halogens is 1. The van der Waals surface area contributed by atoms with Crippen molar-refractivity contribution in [1.29, 1.82) is 0 Å². The van der Waals surface area contributed by atoms with Crippen LogP contribution in [0.25, 0.3) is 0 Å². The maximum Gasteiger partial charge on any atom is 0.239 e. The summed E-state index contributed by atoms with van der Waals surface area (Å²) in [6.07, 6.45) is 1.04. The zero-order chi connectivity index (χ0) is 13.7. The van der Waals surface area contributed by atoms with Crippen LogP contribution in [-0.2, 0) is 0 Å². The number of benzene rings is 1. The molecule has 0 unspecified atom stereocenters. The molecule has 0 amide bonds. The molecule has 0 saturated carbocycles. The van der Waals surface area contributed by atoms with E-state index in [-0.39, 0.29) is 11.8 Å². The first kappa shape index (κ1) is 13.0. The molecule has 6 nitrogen and oxygen atoms in total. The molecule has 2 aromatic rings. The Balaban J connectivity index is 2.30.